The Labute approximate surface area is 231 Å². The Morgan fingerprint density at radius 1 is 0.875 bits per heavy atom. The second kappa shape index (κ2) is 11.4. The van der Waals surface area contributed by atoms with E-state index in [0.717, 1.165) is 44.3 Å². The van der Waals surface area contributed by atoms with Gasteiger partial charge in [0.1, 0.15) is 0 Å². The number of para-hydroxylation sites is 1. The largest absolute Gasteiger partial charge is 0.465 e. The smallest absolute Gasteiger partial charge is 0.337 e. The number of hydrogen-bond donors (Lipinski definition) is 2. The lowest BCUT2D eigenvalue weighted by atomic mass is 10.0. The van der Waals surface area contributed by atoms with Gasteiger partial charge < -0.3 is 19.8 Å². The lowest BCUT2D eigenvalue weighted by Crippen LogP contribution is -2.14. The summed E-state index contributed by atoms with van der Waals surface area (Å²) in [6.45, 7) is 2.06. The summed E-state index contributed by atoms with van der Waals surface area (Å²) in [7, 11) is 2.50. The first-order chi connectivity index (χ1) is 19.4. The number of methoxy groups -OCH3 is 2. The predicted molar refractivity (Wildman–Crippen MR) is 154 cm³/mol. The van der Waals surface area contributed by atoms with E-state index in [0.29, 0.717) is 18.5 Å². The third-order valence-corrected chi connectivity index (χ3v) is 6.81. The molecule has 0 saturated heterocycles. The molecule has 3 aromatic carbocycles. The topological polar surface area (TPSA) is 110 Å². The van der Waals surface area contributed by atoms with Crippen molar-refractivity contribution < 1.29 is 23.9 Å². The van der Waals surface area contributed by atoms with Crippen molar-refractivity contribution in [2.45, 2.75) is 26.2 Å². The van der Waals surface area contributed by atoms with E-state index in [1.54, 1.807) is 0 Å². The Balaban J connectivity index is 1.37. The van der Waals surface area contributed by atoms with Crippen molar-refractivity contribution >= 4 is 45.3 Å². The molecule has 0 aliphatic rings. The maximum atomic E-state index is 12.9. The van der Waals surface area contributed by atoms with Gasteiger partial charge in [-0.15, -0.1) is 0 Å². The molecule has 0 saturated carbocycles. The third-order valence-electron chi connectivity index (χ3n) is 6.81. The van der Waals surface area contributed by atoms with Crippen LogP contribution in [0, 0.1) is 6.92 Å². The molecule has 2 N–H and O–H groups in total. The van der Waals surface area contributed by atoms with E-state index in [1.807, 2.05) is 30.3 Å². The fourth-order valence-corrected chi connectivity index (χ4v) is 4.87. The number of anilines is 1. The highest BCUT2D eigenvalue weighted by atomic mass is 16.5. The number of aromatic amines is 1. The number of carbonyl (C=O) groups is 3. The fourth-order valence-electron chi connectivity index (χ4n) is 4.87. The Kier molecular flexibility index (Phi) is 7.59. The van der Waals surface area contributed by atoms with Gasteiger partial charge in [-0.25, -0.2) is 14.6 Å². The van der Waals surface area contributed by atoms with E-state index in [4.69, 9.17) is 14.5 Å². The van der Waals surface area contributed by atoms with Gasteiger partial charge >= 0.3 is 11.9 Å². The summed E-state index contributed by atoms with van der Waals surface area (Å²) in [5, 5.41) is 4.98. The van der Waals surface area contributed by atoms with Crippen LogP contribution in [-0.4, -0.2) is 42.0 Å². The summed E-state index contributed by atoms with van der Waals surface area (Å²) in [5.41, 5.74) is 6.58. The van der Waals surface area contributed by atoms with E-state index in [1.165, 1.54) is 32.4 Å². The summed E-state index contributed by atoms with van der Waals surface area (Å²) in [6.07, 6.45) is 1.46. The number of carbonyl (C=O) groups excluding carboxylic acids is 3. The molecule has 5 aromatic rings. The highest BCUT2D eigenvalue weighted by Gasteiger charge is 2.17. The number of fused-ring (bicyclic) bond motifs is 2. The van der Waals surface area contributed by atoms with Crippen LogP contribution in [0.25, 0.3) is 33.2 Å². The van der Waals surface area contributed by atoms with E-state index >= 15 is 0 Å². The summed E-state index contributed by atoms with van der Waals surface area (Å²) >= 11 is 0. The van der Waals surface area contributed by atoms with Crippen LogP contribution in [0.4, 0.5) is 5.69 Å². The summed E-state index contributed by atoms with van der Waals surface area (Å²) in [5.74, 6) is -1.48. The Morgan fingerprint density at radius 3 is 2.33 bits per heavy atom. The van der Waals surface area contributed by atoms with Gasteiger partial charge in [-0.3, -0.25) is 4.79 Å². The zero-order chi connectivity index (χ0) is 28.2. The summed E-state index contributed by atoms with van der Waals surface area (Å²) in [4.78, 5) is 45.5. The standard InChI is InChI=1S/C32H29N3O5/c1-19-11-13-27-25(15-19)24(30(35-27)28-14-12-20-7-4-5-9-26(20)34-28)8-6-10-29(36)33-23-17-21(31(37)39-2)16-22(18-23)32(38)40-3/h4-5,7,9,11-18,35H,6,8,10H2,1-3H3,(H,33,36). The monoisotopic (exact) mass is 535 g/mol. The molecule has 0 fully saturated rings. The molecule has 2 heterocycles. The number of pyridine rings is 1. The number of aryl methyl sites for hydroxylation is 2. The lowest BCUT2D eigenvalue weighted by molar-refractivity contribution is -0.116. The molecule has 8 heteroatoms. The highest BCUT2D eigenvalue weighted by Crippen LogP contribution is 2.32. The molecule has 40 heavy (non-hydrogen) atoms. The van der Waals surface area contributed by atoms with E-state index < -0.39 is 11.9 Å². The van der Waals surface area contributed by atoms with Crippen LogP contribution in [0.1, 0.15) is 44.7 Å². The molecule has 8 nitrogen and oxygen atoms in total. The van der Waals surface area contributed by atoms with Crippen LogP contribution in [0.2, 0.25) is 0 Å². The van der Waals surface area contributed by atoms with Gasteiger partial charge in [0.15, 0.2) is 0 Å². The van der Waals surface area contributed by atoms with Crippen molar-refractivity contribution in [2.24, 2.45) is 0 Å². The van der Waals surface area contributed by atoms with Crippen molar-refractivity contribution in [3.63, 3.8) is 0 Å². The second-order valence-electron chi connectivity index (χ2n) is 9.60. The van der Waals surface area contributed by atoms with Gasteiger partial charge in [-0.1, -0.05) is 35.9 Å². The summed E-state index contributed by atoms with van der Waals surface area (Å²) < 4.78 is 9.55. The van der Waals surface area contributed by atoms with Crippen molar-refractivity contribution in [1.29, 1.82) is 0 Å². The maximum absolute atomic E-state index is 12.9. The zero-order valence-electron chi connectivity index (χ0n) is 22.5. The molecule has 0 unspecified atom stereocenters. The van der Waals surface area contributed by atoms with Crippen LogP contribution in [0.3, 0.4) is 0 Å². The molecule has 5 rings (SSSR count). The number of hydrogen-bond acceptors (Lipinski definition) is 6. The van der Waals surface area contributed by atoms with E-state index in [2.05, 4.69) is 41.5 Å². The van der Waals surface area contributed by atoms with Crippen molar-refractivity contribution in [3.05, 3.63) is 95.1 Å². The number of nitrogens with one attached hydrogen (secondary N) is 2. The number of amides is 1. The van der Waals surface area contributed by atoms with Crippen LogP contribution in [0.15, 0.2) is 72.8 Å². The SMILES string of the molecule is COC(=O)c1cc(NC(=O)CCCc2c(-c3ccc4ccccc4n3)[nH]c3ccc(C)cc23)cc(C(=O)OC)c1. The normalized spacial score (nSPS) is 11.0. The number of rotatable bonds is 8. The molecule has 0 bridgehead atoms. The Morgan fingerprint density at radius 2 is 1.60 bits per heavy atom. The Hall–Kier alpha value is -4.98. The minimum Gasteiger partial charge on any atom is -0.465 e. The first-order valence-corrected chi connectivity index (χ1v) is 12.9. The van der Waals surface area contributed by atoms with Gasteiger partial charge in [-0.2, -0.15) is 0 Å². The number of benzene rings is 3. The van der Waals surface area contributed by atoms with Crippen LogP contribution >= 0.6 is 0 Å². The van der Waals surface area contributed by atoms with Gasteiger partial charge in [0.25, 0.3) is 0 Å². The van der Waals surface area contributed by atoms with Crippen LogP contribution in [0.5, 0.6) is 0 Å². The molecule has 0 aliphatic heterocycles. The van der Waals surface area contributed by atoms with Gasteiger partial charge in [-0.05, 0) is 67.8 Å². The van der Waals surface area contributed by atoms with Crippen LogP contribution in [-0.2, 0) is 20.7 Å². The van der Waals surface area contributed by atoms with Crippen molar-refractivity contribution in [1.82, 2.24) is 9.97 Å². The highest BCUT2D eigenvalue weighted by molar-refractivity contribution is 5.99. The molecule has 0 spiro atoms. The minimum absolute atomic E-state index is 0.141. The van der Waals surface area contributed by atoms with Gasteiger partial charge in [0.05, 0.1) is 42.3 Å². The second-order valence-corrected chi connectivity index (χ2v) is 9.60. The number of H-pyrrole nitrogens is 1. The lowest BCUT2D eigenvalue weighted by Gasteiger charge is -2.10. The van der Waals surface area contributed by atoms with E-state index in [9.17, 15) is 14.4 Å². The number of aromatic nitrogens is 2. The molecule has 2 aromatic heterocycles. The number of nitrogens with zero attached hydrogens (tertiary/aromatic N) is 1. The van der Waals surface area contributed by atoms with Crippen LogP contribution < -0.4 is 5.32 Å². The first-order valence-electron chi connectivity index (χ1n) is 12.9. The average molecular weight is 536 g/mol. The first kappa shape index (κ1) is 26.6. The zero-order valence-corrected chi connectivity index (χ0v) is 22.5. The molecule has 0 radical (unpaired) electrons. The molecular weight excluding hydrogens is 506 g/mol. The average Bonchev–Trinajstić information content (AvgIpc) is 3.33. The third kappa shape index (κ3) is 5.56. The molecule has 202 valence electrons. The molecular formula is C32H29N3O5. The van der Waals surface area contributed by atoms with Crippen molar-refractivity contribution in [3.8, 4) is 11.4 Å². The number of esters is 2. The fraction of sp³-hybridized carbons (Fsp3) is 0.188. The number of ether oxygens (including phenoxy) is 2. The molecule has 0 atom stereocenters. The van der Waals surface area contributed by atoms with E-state index in [-0.39, 0.29) is 23.5 Å². The molecule has 1 amide bonds. The predicted octanol–water partition coefficient (Wildman–Crippen LogP) is 6.23. The summed E-state index contributed by atoms with van der Waals surface area (Å²) in [6, 6.07) is 22.7. The van der Waals surface area contributed by atoms with Gasteiger partial charge in [0.2, 0.25) is 5.91 Å². The Bertz CT molecular complexity index is 1720. The maximum Gasteiger partial charge on any atom is 0.337 e. The quantitative estimate of drug-likeness (QED) is 0.228. The minimum atomic E-state index is -0.620. The van der Waals surface area contributed by atoms with Gasteiger partial charge in [0, 0.05) is 28.4 Å². The molecule has 0 aliphatic carbocycles. The van der Waals surface area contributed by atoms with Crippen molar-refractivity contribution in [2.75, 3.05) is 19.5 Å².